The minimum absolute atomic E-state index is 0.191. The van der Waals surface area contributed by atoms with Crippen LogP contribution < -0.4 is 24.8 Å². The molecule has 6 heteroatoms. The summed E-state index contributed by atoms with van der Waals surface area (Å²) in [5.41, 5.74) is 5.16. The van der Waals surface area contributed by atoms with Gasteiger partial charge in [0.1, 0.15) is 23.4 Å². The third-order valence-electron chi connectivity index (χ3n) is 6.76. The molecule has 0 aromatic heterocycles. The molecule has 0 aliphatic carbocycles. The van der Waals surface area contributed by atoms with Gasteiger partial charge in [-0.3, -0.25) is 4.79 Å². The van der Waals surface area contributed by atoms with Crippen LogP contribution in [-0.2, 0) is 0 Å². The Morgan fingerprint density at radius 3 is 2.16 bits per heavy atom. The Balaban J connectivity index is 1.26. The first-order valence-corrected chi connectivity index (χ1v) is 12.8. The maximum Gasteiger partial charge on any atom is 0.255 e. The van der Waals surface area contributed by atoms with E-state index >= 15 is 0 Å². The van der Waals surface area contributed by atoms with E-state index in [2.05, 4.69) is 22.8 Å². The predicted molar refractivity (Wildman–Crippen MR) is 151 cm³/mol. The van der Waals surface area contributed by atoms with E-state index in [9.17, 15) is 4.79 Å². The van der Waals surface area contributed by atoms with Crippen LogP contribution in [0, 0.1) is 0 Å². The first-order chi connectivity index (χ1) is 18.6. The highest BCUT2D eigenvalue weighted by Crippen LogP contribution is 2.33. The average Bonchev–Trinajstić information content (AvgIpc) is 2.98. The molecule has 1 saturated heterocycles. The van der Waals surface area contributed by atoms with E-state index in [4.69, 9.17) is 14.2 Å². The molecule has 1 heterocycles. The van der Waals surface area contributed by atoms with Crippen LogP contribution in [-0.4, -0.2) is 39.3 Å². The first-order valence-electron chi connectivity index (χ1n) is 12.8. The molecule has 0 bridgehead atoms. The molecule has 1 aliphatic rings. The molecule has 4 aromatic carbocycles. The zero-order valence-corrected chi connectivity index (χ0v) is 21.7. The molecule has 0 unspecified atom stereocenters. The highest BCUT2D eigenvalue weighted by molar-refractivity contribution is 6.05. The van der Waals surface area contributed by atoms with E-state index in [1.54, 1.807) is 20.3 Å². The Hall–Kier alpha value is -4.29. The van der Waals surface area contributed by atoms with Gasteiger partial charge in [0.05, 0.1) is 14.2 Å². The second-order valence-electron chi connectivity index (χ2n) is 9.27. The quantitative estimate of drug-likeness (QED) is 0.287. The molecule has 2 N–H and O–H groups in total. The maximum atomic E-state index is 13.1. The number of nitrogens with one attached hydrogen (secondary N) is 2. The Kier molecular flexibility index (Phi) is 7.90. The highest BCUT2D eigenvalue weighted by atomic mass is 16.5. The van der Waals surface area contributed by atoms with Crippen LogP contribution in [0.5, 0.6) is 17.2 Å². The Morgan fingerprint density at radius 2 is 1.47 bits per heavy atom. The monoisotopic (exact) mass is 508 g/mol. The summed E-state index contributed by atoms with van der Waals surface area (Å²) in [7, 11) is 3.25. The summed E-state index contributed by atoms with van der Waals surface area (Å²) in [5.74, 6) is 2.14. The van der Waals surface area contributed by atoms with E-state index in [1.807, 2.05) is 72.8 Å². The van der Waals surface area contributed by atoms with Crippen molar-refractivity contribution in [1.82, 2.24) is 5.32 Å². The van der Waals surface area contributed by atoms with E-state index in [0.29, 0.717) is 11.3 Å². The molecular formula is C32H32N2O4. The molecule has 0 atom stereocenters. The summed E-state index contributed by atoms with van der Waals surface area (Å²) >= 11 is 0. The largest absolute Gasteiger partial charge is 0.497 e. The third-order valence-corrected chi connectivity index (χ3v) is 6.76. The van der Waals surface area contributed by atoms with Crippen molar-refractivity contribution in [2.45, 2.75) is 18.9 Å². The lowest BCUT2D eigenvalue weighted by atomic mass is 10.0. The summed E-state index contributed by atoms with van der Waals surface area (Å²) < 4.78 is 17.0. The molecule has 1 amide bonds. The topological polar surface area (TPSA) is 68.8 Å². The molecule has 38 heavy (non-hydrogen) atoms. The molecular weight excluding hydrogens is 476 g/mol. The number of anilines is 1. The standard InChI is InChI=1S/C32H32N2O4/c1-36-29-5-3-4-24(20-29)30-21-25(10-15-31(30)37-2)32(35)34-26-11-6-22(7-12-26)23-8-13-27(14-9-23)38-28-16-18-33-19-17-28/h3-15,20-21,28,33H,16-19H2,1-2H3,(H,34,35). The zero-order valence-electron chi connectivity index (χ0n) is 21.7. The van der Waals surface area contributed by atoms with Crippen molar-refractivity contribution in [2.75, 3.05) is 32.6 Å². The lowest BCUT2D eigenvalue weighted by Crippen LogP contribution is -2.34. The van der Waals surface area contributed by atoms with Crippen molar-refractivity contribution >= 4 is 11.6 Å². The predicted octanol–water partition coefficient (Wildman–Crippen LogP) is 6.42. The number of benzene rings is 4. The van der Waals surface area contributed by atoms with Crippen molar-refractivity contribution in [3.05, 3.63) is 96.6 Å². The summed E-state index contributed by atoms with van der Waals surface area (Å²) in [5, 5.41) is 6.36. The van der Waals surface area contributed by atoms with Crippen LogP contribution >= 0.6 is 0 Å². The SMILES string of the molecule is COc1cccc(-c2cc(C(=O)Nc3ccc(-c4ccc(OC5CCNCC5)cc4)cc3)ccc2OC)c1. The summed E-state index contributed by atoms with van der Waals surface area (Å²) in [4.78, 5) is 13.1. The van der Waals surface area contributed by atoms with Crippen LogP contribution in [0.4, 0.5) is 5.69 Å². The molecule has 0 saturated carbocycles. The lowest BCUT2D eigenvalue weighted by molar-refractivity contribution is 0.102. The number of amides is 1. The summed E-state index contributed by atoms with van der Waals surface area (Å²) in [6.45, 7) is 2.01. The van der Waals surface area contributed by atoms with Gasteiger partial charge in [0, 0.05) is 16.8 Å². The van der Waals surface area contributed by atoms with Gasteiger partial charge in [0.15, 0.2) is 0 Å². The van der Waals surface area contributed by atoms with Crippen LogP contribution in [0.15, 0.2) is 91.0 Å². The van der Waals surface area contributed by atoms with Gasteiger partial charge in [-0.25, -0.2) is 0 Å². The van der Waals surface area contributed by atoms with Gasteiger partial charge in [-0.1, -0.05) is 36.4 Å². The number of piperidine rings is 1. The number of hydrogen-bond donors (Lipinski definition) is 2. The molecule has 5 rings (SSSR count). The maximum absolute atomic E-state index is 13.1. The van der Waals surface area contributed by atoms with Crippen LogP contribution in [0.2, 0.25) is 0 Å². The Bertz CT molecular complexity index is 1380. The fourth-order valence-corrected chi connectivity index (χ4v) is 4.65. The highest BCUT2D eigenvalue weighted by Gasteiger charge is 2.15. The van der Waals surface area contributed by atoms with Gasteiger partial charge >= 0.3 is 0 Å². The molecule has 1 aliphatic heterocycles. The Morgan fingerprint density at radius 1 is 0.763 bits per heavy atom. The van der Waals surface area contributed by atoms with E-state index in [1.165, 1.54) is 0 Å². The minimum Gasteiger partial charge on any atom is -0.497 e. The van der Waals surface area contributed by atoms with Crippen LogP contribution in [0.25, 0.3) is 22.3 Å². The second-order valence-corrected chi connectivity index (χ2v) is 9.27. The number of carbonyl (C=O) groups is 1. The number of ether oxygens (including phenoxy) is 3. The number of rotatable bonds is 8. The lowest BCUT2D eigenvalue weighted by Gasteiger charge is -2.23. The molecule has 0 radical (unpaired) electrons. The van der Waals surface area contributed by atoms with Gasteiger partial charge in [-0.05, 0) is 97.2 Å². The normalized spacial score (nSPS) is 13.5. The van der Waals surface area contributed by atoms with Gasteiger partial charge in [-0.2, -0.15) is 0 Å². The molecule has 194 valence electrons. The van der Waals surface area contributed by atoms with Crippen molar-refractivity contribution < 1.29 is 19.0 Å². The van der Waals surface area contributed by atoms with Crippen molar-refractivity contribution in [3.8, 4) is 39.5 Å². The van der Waals surface area contributed by atoms with Gasteiger partial charge in [-0.15, -0.1) is 0 Å². The molecule has 1 fully saturated rings. The first kappa shape index (κ1) is 25.4. The second kappa shape index (κ2) is 11.8. The third kappa shape index (κ3) is 5.98. The van der Waals surface area contributed by atoms with Gasteiger partial charge in [0.2, 0.25) is 0 Å². The fraction of sp³-hybridized carbons (Fsp3) is 0.219. The molecule has 0 spiro atoms. The minimum atomic E-state index is -0.191. The Labute approximate surface area is 223 Å². The van der Waals surface area contributed by atoms with Crippen LogP contribution in [0.3, 0.4) is 0 Å². The van der Waals surface area contributed by atoms with E-state index < -0.39 is 0 Å². The summed E-state index contributed by atoms with van der Waals surface area (Å²) in [6.07, 6.45) is 2.35. The number of carbonyl (C=O) groups excluding carboxylic acids is 1. The fourth-order valence-electron chi connectivity index (χ4n) is 4.65. The van der Waals surface area contributed by atoms with Gasteiger partial charge in [0.25, 0.3) is 5.91 Å². The average molecular weight is 509 g/mol. The smallest absolute Gasteiger partial charge is 0.255 e. The zero-order chi connectivity index (χ0) is 26.3. The van der Waals surface area contributed by atoms with E-state index in [-0.39, 0.29) is 12.0 Å². The number of methoxy groups -OCH3 is 2. The molecule has 4 aromatic rings. The molecule has 6 nitrogen and oxygen atoms in total. The van der Waals surface area contributed by atoms with E-state index in [0.717, 1.165) is 65.4 Å². The van der Waals surface area contributed by atoms with Crippen LogP contribution in [0.1, 0.15) is 23.2 Å². The number of hydrogen-bond acceptors (Lipinski definition) is 5. The van der Waals surface area contributed by atoms with Gasteiger partial charge < -0.3 is 24.8 Å². The summed E-state index contributed by atoms with van der Waals surface area (Å²) in [6, 6.07) is 29.1. The van der Waals surface area contributed by atoms with Crippen molar-refractivity contribution in [3.63, 3.8) is 0 Å². The van der Waals surface area contributed by atoms with Crippen molar-refractivity contribution in [1.29, 1.82) is 0 Å². The van der Waals surface area contributed by atoms with Crippen molar-refractivity contribution in [2.24, 2.45) is 0 Å².